The molecule has 0 unspecified atom stereocenters. The number of rotatable bonds is 16. The van der Waals surface area contributed by atoms with Gasteiger partial charge in [-0.2, -0.15) is 0 Å². The molecule has 0 fully saturated rings. The molecule has 2 nitrogen and oxygen atoms in total. The van der Waals surface area contributed by atoms with E-state index in [0.717, 1.165) is 12.1 Å². The second kappa shape index (κ2) is 16.4. The molecule has 0 N–H and O–H groups in total. The number of nitrogens with zero attached hydrogens (tertiary/aromatic N) is 2. The molecule has 0 bridgehead atoms. The minimum Gasteiger partial charge on any atom is -0.0934 e. The van der Waals surface area contributed by atoms with Gasteiger partial charge in [0.2, 0.25) is 0 Å². The molecule has 0 heterocycles. The van der Waals surface area contributed by atoms with Crippen molar-refractivity contribution in [3.8, 4) is 0 Å². The Bertz CT molecular complexity index is 863. The molecular weight excluding hydrogens is 400 g/mol. The van der Waals surface area contributed by atoms with Crippen LogP contribution in [0.3, 0.4) is 0 Å². The Balaban J connectivity index is 2.06. The van der Waals surface area contributed by atoms with E-state index in [4.69, 9.17) is 5.11 Å². The van der Waals surface area contributed by atoms with E-state index in [9.17, 15) is 0 Å². The first-order valence-electron chi connectivity index (χ1n) is 13.5. The highest BCUT2D eigenvalue weighted by Crippen LogP contribution is 2.19. The van der Waals surface area contributed by atoms with Crippen molar-refractivity contribution >= 4 is 11.8 Å². The van der Waals surface area contributed by atoms with Crippen LogP contribution in [0, 0.1) is 0 Å². The summed E-state index contributed by atoms with van der Waals surface area (Å²) < 4.78 is 1.94. The maximum atomic E-state index is 4.79. The predicted molar refractivity (Wildman–Crippen MR) is 144 cm³/mol. The highest BCUT2D eigenvalue weighted by atomic mass is 15.2. The van der Waals surface area contributed by atoms with E-state index in [1.165, 1.54) is 99.3 Å². The third-order valence-corrected chi connectivity index (χ3v) is 6.20. The number of azo groups is 2. The molecule has 0 aromatic heterocycles. The summed E-state index contributed by atoms with van der Waals surface area (Å²) in [7, 11) is 2.02. The summed E-state index contributed by atoms with van der Waals surface area (Å²) in [6.45, 7) is 6.81. The second-order valence-electron chi connectivity index (χ2n) is 9.47. The molecule has 0 aliphatic rings. The monoisotopic (exact) mass is 447 g/mol. The van der Waals surface area contributed by atoms with E-state index in [0.29, 0.717) is 0 Å². The molecule has 0 atom stereocenters. The third-order valence-electron chi connectivity index (χ3n) is 6.20. The van der Waals surface area contributed by atoms with Gasteiger partial charge in [0.05, 0.1) is 0 Å². The molecule has 2 aromatic rings. The fraction of sp³-hybridized carbons (Fsp3) is 0.548. The SMILES string of the molecule is CCCCCCc1cc(C=C[N+](C)=Nc2cccc(CCCCCC)c2)cc(CCCC)c1. The van der Waals surface area contributed by atoms with Crippen LogP contribution in [-0.2, 0) is 19.3 Å². The van der Waals surface area contributed by atoms with Crippen LogP contribution >= 0.6 is 0 Å². The van der Waals surface area contributed by atoms with Crippen molar-refractivity contribution in [3.05, 3.63) is 70.9 Å². The number of aryl methyl sites for hydroxylation is 3. The van der Waals surface area contributed by atoms with Crippen molar-refractivity contribution < 1.29 is 4.70 Å². The molecule has 0 aliphatic heterocycles. The van der Waals surface area contributed by atoms with Gasteiger partial charge in [-0.15, -0.1) is 0 Å². The van der Waals surface area contributed by atoms with Crippen molar-refractivity contribution in [3.63, 3.8) is 0 Å². The van der Waals surface area contributed by atoms with Crippen LogP contribution in [0.25, 0.3) is 6.08 Å². The number of benzene rings is 2. The minimum absolute atomic E-state index is 1.03. The lowest BCUT2D eigenvalue weighted by molar-refractivity contribution is -0.491. The Labute approximate surface area is 203 Å². The lowest BCUT2D eigenvalue weighted by Crippen LogP contribution is -1.94. The van der Waals surface area contributed by atoms with Gasteiger partial charge in [0, 0.05) is 6.08 Å². The Morgan fingerprint density at radius 1 is 0.667 bits per heavy atom. The van der Waals surface area contributed by atoms with Crippen LogP contribution in [0.1, 0.15) is 107 Å². The zero-order chi connectivity index (χ0) is 23.7. The van der Waals surface area contributed by atoms with Crippen LogP contribution in [0.2, 0.25) is 0 Å². The van der Waals surface area contributed by atoms with E-state index >= 15 is 0 Å². The largest absolute Gasteiger partial charge is 0.196 e. The Morgan fingerprint density at radius 3 is 1.91 bits per heavy atom. The normalized spacial score (nSPS) is 12.1. The number of unbranched alkanes of at least 4 members (excludes halogenated alkanes) is 7. The van der Waals surface area contributed by atoms with Gasteiger partial charge in [-0.25, -0.2) is 0 Å². The highest BCUT2D eigenvalue weighted by Gasteiger charge is 2.03. The molecule has 0 aliphatic carbocycles. The van der Waals surface area contributed by atoms with Gasteiger partial charge < -0.3 is 0 Å². The molecule has 0 amide bonds. The second-order valence-corrected chi connectivity index (χ2v) is 9.47. The first-order chi connectivity index (χ1) is 16.1. The summed E-state index contributed by atoms with van der Waals surface area (Å²) in [5, 5.41) is 4.79. The fourth-order valence-electron chi connectivity index (χ4n) is 4.25. The molecule has 180 valence electrons. The van der Waals surface area contributed by atoms with Gasteiger partial charge in [0.25, 0.3) is 0 Å². The van der Waals surface area contributed by atoms with Gasteiger partial charge in [0.1, 0.15) is 5.69 Å². The van der Waals surface area contributed by atoms with E-state index in [1.807, 2.05) is 11.7 Å². The molecule has 0 radical (unpaired) electrons. The average Bonchev–Trinajstić information content (AvgIpc) is 2.82. The third kappa shape index (κ3) is 11.5. The summed E-state index contributed by atoms with van der Waals surface area (Å²) in [6, 6.07) is 15.8. The summed E-state index contributed by atoms with van der Waals surface area (Å²) in [6.07, 6.45) is 20.8. The molecule has 2 heteroatoms. The van der Waals surface area contributed by atoms with Crippen LogP contribution < -0.4 is 0 Å². The van der Waals surface area contributed by atoms with Gasteiger partial charge in [0.15, 0.2) is 13.2 Å². The van der Waals surface area contributed by atoms with Crippen molar-refractivity contribution in [2.45, 2.75) is 104 Å². The van der Waals surface area contributed by atoms with Gasteiger partial charge in [-0.05, 0) is 78.0 Å². The molecular formula is C31H47N2+. The molecule has 0 saturated heterocycles. The minimum atomic E-state index is 1.03. The number of hydrogen-bond acceptors (Lipinski definition) is 1. The summed E-state index contributed by atoms with van der Waals surface area (Å²) in [5.41, 5.74) is 6.67. The highest BCUT2D eigenvalue weighted by molar-refractivity contribution is 5.51. The van der Waals surface area contributed by atoms with E-state index < -0.39 is 0 Å². The Morgan fingerprint density at radius 2 is 1.27 bits per heavy atom. The smallest absolute Gasteiger partial charge is 0.0934 e. The Hall–Kier alpha value is -2.22. The van der Waals surface area contributed by atoms with Gasteiger partial charge >= 0.3 is 0 Å². The first-order valence-corrected chi connectivity index (χ1v) is 13.5. The molecule has 0 spiro atoms. The Kier molecular flexibility index (Phi) is 13.4. The van der Waals surface area contributed by atoms with Crippen LogP contribution in [0.15, 0.2) is 53.8 Å². The average molecular weight is 448 g/mol. The first kappa shape index (κ1) is 27.0. The molecule has 0 saturated carbocycles. The zero-order valence-electron chi connectivity index (χ0n) is 21.8. The van der Waals surface area contributed by atoms with Crippen LogP contribution in [0.5, 0.6) is 0 Å². The maximum absolute atomic E-state index is 4.79. The van der Waals surface area contributed by atoms with Crippen LogP contribution in [0.4, 0.5) is 5.69 Å². The van der Waals surface area contributed by atoms with Crippen molar-refractivity contribution in [2.75, 3.05) is 7.05 Å². The molecule has 33 heavy (non-hydrogen) atoms. The van der Waals surface area contributed by atoms with E-state index in [1.54, 1.807) is 0 Å². The summed E-state index contributed by atoms with van der Waals surface area (Å²) in [4.78, 5) is 0. The molecule has 2 aromatic carbocycles. The molecule has 2 rings (SSSR count). The maximum Gasteiger partial charge on any atom is 0.196 e. The lowest BCUT2D eigenvalue weighted by atomic mass is 9.98. The lowest BCUT2D eigenvalue weighted by Gasteiger charge is -2.08. The van der Waals surface area contributed by atoms with Crippen molar-refractivity contribution in [1.29, 1.82) is 0 Å². The van der Waals surface area contributed by atoms with Crippen molar-refractivity contribution in [1.82, 2.24) is 0 Å². The van der Waals surface area contributed by atoms with E-state index in [2.05, 4.69) is 75.5 Å². The predicted octanol–water partition coefficient (Wildman–Crippen LogP) is 9.67. The van der Waals surface area contributed by atoms with Crippen molar-refractivity contribution in [2.24, 2.45) is 5.11 Å². The summed E-state index contributed by atoms with van der Waals surface area (Å²) >= 11 is 0. The van der Waals surface area contributed by atoms with Gasteiger partial charge in [-0.1, -0.05) is 101 Å². The van der Waals surface area contributed by atoms with Gasteiger partial charge in [-0.3, -0.25) is 0 Å². The summed E-state index contributed by atoms with van der Waals surface area (Å²) in [5.74, 6) is 0. The standard InChI is InChI=1S/C31H47N2/c1-5-8-11-13-17-27-19-15-20-31(26-27)32-33(4)22-21-30-24-28(16-10-7-3)23-29(25-30)18-14-12-9-6-2/h15,19-26H,5-14,16-18H2,1-4H3/q+1. The quantitative estimate of drug-likeness (QED) is 0.138. The topological polar surface area (TPSA) is 15.4 Å². The fourth-order valence-corrected chi connectivity index (χ4v) is 4.25. The zero-order valence-corrected chi connectivity index (χ0v) is 21.8. The van der Waals surface area contributed by atoms with E-state index in [-0.39, 0.29) is 0 Å². The number of hydrogen-bond donors (Lipinski definition) is 0. The van der Waals surface area contributed by atoms with Crippen LogP contribution in [-0.4, -0.2) is 11.7 Å².